The molecular formula is C34H59NO6. The number of ether oxygens (including phenoxy) is 3. The summed E-state index contributed by atoms with van der Waals surface area (Å²) in [6.45, 7) is 16.8. The van der Waals surface area contributed by atoms with E-state index in [1.807, 2.05) is 71.0 Å². The van der Waals surface area contributed by atoms with E-state index in [2.05, 4.69) is 18.8 Å². The third-order valence-corrected chi connectivity index (χ3v) is 7.59. The number of nitrogens with one attached hydrogen (secondary N) is 1. The third-order valence-electron chi connectivity index (χ3n) is 7.59. The minimum absolute atomic E-state index is 0.0206. The zero-order chi connectivity index (χ0) is 31.3. The Kier molecular flexibility index (Phi) is 20.8. The van der Waals surface area contributed by atoms with Gasteiger partial charge in [0.15, 0.2) is 5.79 Å². The van der Waals surface area contributed by atoms with Gasteiger partial charge in [-0.3, -0.25) is 0 Å². The quantitative estimate of drug-likeness (QED) is 0.180. The van der Waals surface area contributed by atoms with Gasteiger partial charge in [-0.1, -0.05) is 83.7 Å². The molecule has 7 heteroatoms. The van der Waals surface area contributed by atoms with Crippen LogP contribution in [0.5, 0.6) is 0 Å². The molecule has 1 saturated carbocycles. The molecule has 1 aliphatic rings. The van der Waals surface area contributed by atoms with Crippen LogP contribution >= 0.6 is 0 Å². The summed E-state index contributed by atoms with van der Waals surface area (Å²) in [5.74, 6) is -0.975. The molecule has 1 aromatic carbocycles. The van der Waals surface area contributed by atoms with E-state index in [9.17, 15) is 15.3 Å². The first-order valence-corrected chi connectivity index (χ1v) is 15.3. The average Bonchev–Trinajstić information content (AvgIpc) is 3.02. The number of hydrogen-bond acceptors (Lipinski definition) is 7. The van der Waals surface area contributed by atoms with Gasteiger partial charge in [-0.2, -0.15) is 0 Å². The number of rotatable bonds is 16. The number of allylic oxidation sites excluding steroid dienone is 2. The Labute approximate surface area is 250 Å². The van der Waals surface area contributed by atoms with Crippen LogP contribution < -0.4 is 5.32 Å². The van der Waals surface area contributed by atoms with Crippen molar-refractivity contribution in [2.75, 3.05) is 40.6 Å². The van der Waals surface area contributed by atoms with E-state index in [1.54, 1.807) is 20.3 Å². The lowest BCUT2D eigenvalue weighted by Crippen LogP contribution is -2.59. The second-order valence-corrected chi connectivity index (χ2v) is 9.86. The molecular weight excluding hydrogens is 518 g/mol. The minimum Gasteiger partial charge on any atom is -0.395 e. The van der Waals surface area contributed by atoms with Gasteiger partial charge in [0.05, 0.1) is 32.0 Å². The summed E-state index contributed by atoms with van der Waals surface area (Å²) in [4.78, 5) is 0. The molecule has 2 unspecified atom stereocenters. The van der Waals surface area contributed by atoms with Crippen molar-refractivity contribution in [2.45, 2.75) is 97.7 Å². The molecule has 0 saturated heterocycles. The topological polar surface area (TPSA) is 100 Å². The molecule has 0 aliphatic heterocycles. The highest BCUT2D eigenvalue weighted by atomic mass is 16.7. The maximum Gasteiger partial charge on any atom is 0.164 e. The van der Waals surface area contributed by atoms with Gasteiger partial charge in [0.2, 0.25) is 0 Å². The number of aliphatic hydroxyl groups excluding tert-OH is 2. The first-order chi connectivity index (χ1) is 19.8. The zero-order valence-corrected chi connectivity index (χ0v) is 27.0. The van der Waals surface area contributed by atoms with Crippen LogP contribution in [0.4, 0.5) is 0 Å². The molecule has 1 fully saturated rings. The van der Waals surface area contributed by atoms with Gasteiger partial charge in [0, 0.05) is 39.1 Å². The smallest absolute Gasteiger partial charge is 0.164 e. The largest absolute Gasteiger partial charge is 0.395 e. The maximum atomic E-state index is 12.3. The summed E-state index contributed by atoms with van der Waals surface area (Å²) in [6.07, 6.45) is 6.73. The van der Waals surface area contributed by atoms with Gasteiger partial charge >= 0.3 is 0 Å². The fourth-order valence-electron chi connectivity index (χ4n) is 5.45. The molecule has 3 atom stereocenters. The average molecular weight is 578 g/mol. The van der Waals surface area contributed by atoms with Crippen molar-refractivity contribution in [2.24, 2.45) is 5.92 Å². The highest BCUT2D eigenvalue weighted by molar-refractivity contribution is 5.45. The Bertz CT molecular complexity index is 880. The second-order valence-electron chi connectivity index (χ2n) is 9.86. The number of aliphatic hydroxyl groups is 3. The summed E-state index contributed by atoms with van der Waals surface area (Å²) in [7, 11) is 3.24. The maximum absolute atomic E-state index is 12.3. The number of benzene rings is 1. The molecule has 0 aromatic heterocycles. The van der Waals surface area contributed by atoms with E-state index in [4.69, 9.17) is 14.2 Å². The summed E-state index contributed by atoms with van der Waals surface area (Å²) in [6, 6.07) is 9.65. The van der Waals surface area contributed by atoms with E-state index in [1.165, 1.54) is 0 Å². The van der Waals surface area contributed by atoms with Crippen molar-refractivity contribution < 1.29 is 29.5 Å². The molecule has 0 radical (unpaired) electrons. The molecule has 0 amide bonds. The first-order valence-electron chi connectivity index (χ1n) is 15.3. The molecule has 0 bridgehead atoms. The Balaban J connectivity index is 0.00000382. The van der Waals surface area contributed by atoms with Crippen molar-refractivity contribution in [1.82, 2.24) is 5.32 Å². The van der Waals surface area contributed by atoms with Crippen molar-refractivity contribution in [1.29, 1.82) is 0 Å². The fourth-order valence-corrected chi connectivity index (χ4v) is 5.45. The van der Waals surface area contributed by atoms with Crippen LogP contribution in [0.15, 0.2) is 65.8 Å². The van der Waals surface area contributed by atoms with Gasteiger partial charge in [-0.25, -0.2) is 0 Å². The van der Waals surface area contributed by atoms with Crippen LogP contribution in [0, 0.1) is 5.92 Å². The van der Waals surface area contributed by atoms with E-state index >= 15 is 0 Å². The van der Waals surface area contributed by atoms with E-state index in [0.717, 1.165) is 22.3 Å². The Hall–Kier alpha value is -1.84. The fraction of sp³-hybridized carbons (Fsp3) is 0.647. The number of hydrogen-bond donors (Lipinski definition) is 4. The normalized spacial score (nSPS) is 22.8. The van der Waals surface area contributed by atoms with Crippen LogP contribution in [-0.4, -0.2) is 73.3 Å². The Morgan fingerprint density at radius 3 is 2.27 bits per heavy atom. The van der Waals surface area contributed by atoms with Gasteiger partial charge in [-0.15, -0.1) is 0 Å². The monoisotopic (exact) mass is 577 g/mol. The van der Waals surface area contributed by atoms with Crippen molar-refractivity contribution in [3.63, 3.8) is 0 Å². The lowest BCUT2D eigenvalue weighted by molar-refractivity contribution is -0.199. The first kappa shape index (κ1) is 39.2. The lowest BCUT2D eigenvalue weighted by Gasteiger charge is -2.49. The molecule has 4 N–H and O–H groups in total. The summed E-state index contributed by atoms with van der Waals surface area (Å²) in [5.41, 5.74) is 2.69. The van der Waals surface area contributed by atoms with E-state index in [0.29, 0.717) is 45.3 Å². The van der Waals surface area contributed by atoms with E-state index < -0.39 is 11.4 Å². The zero-order valence-electron chi connectivity index (χ0n) is 27.0. The predicted octanol–water partition coefficient (Wildman–Crippen LogP) is 5.95. The summed E-state index contributed by atoms with van der Waals surface area (Å²) < 4.78 is 17.1. The minimum atomic E-state index is -1.11. The summed E-state index contributed by atoms with van der Waals surface area (Å²) in [5, 5.41) is 35.7. The molecule has 1 aromatic rings. The Morgan fingerprint density at radius 1 is 1.12 bits per heavy atom. The van der Waals surface area contributed by atoms with Gasteiger partial charge < -0.3 is 34.8 Å². The van der Waals surface area contributed by atoms with Gasteiger partial charge in [0.25, 0.3) is 0 Å². The van der Waals surface area contributed by atoms with Crippen LogP contribution in [0.2, 0.25) is 0 Å². The lowest BCUT2D eigenvalue weighted by atomic mass is 9.63. The standard InChI is InChI=1S/C30H47NO6.2C2H6/c1-6-12-24-19-27(31-17-18-32)30(34,16-11-15-29(3,35-4)36-5)26(7-2)28(24)25(20-33)22-37-21-23-13-9-8-10-14-23;2*1-2/h6,8-10,12-14,26-27,31-34H,1,7,11,15-22H2,2-5H3;2*1-2H3/b24-12-,28-25+;;/t26-,27?,30?;;/m0../s1. The second kappa shape index (κ2) is 21.8. The molecule has 0 heterocycles. The molecule has 236 valence electrons. The van der Waals surface area contributed by atoms with Crippen LogP contribution in [0.1, 0.15) is 79.2 Å². The Morgan fingerprint density at radius 2 is 1.76 bits per heavy atom. The highest BCUT2D eigenvalue weighted by Crippen LogP contribution is 2.47. The van der Waals surface area contributed by atoms with Crippen LogP contribution in [0.3, 0.4) is 0 Å². The third kappa shape index (κ3) is 11.8. The van der Waals surface area contributed by atoms with Gasteiger partial charge in [-0.05, 0) is 54.9 Å². The van der Waals surface area contributed by atoms with Crippen LogP contribution in [0.25, 0.3) is 0 Å². The summed E-state index contributed by atoms with van der Waals surface area (Å²) >= 11 is 0. The van der Waals surface area contributed by atoms with Crippen molar-refractivity contribution >= 4 is 0 Å². The van der Waals surface area contributed by atoms with E-state index in [-0.39, 0.29) is 31.8 Å². The SMILES string of the molecule is C=C/C=C1/CC(NCCO)C(O)(CCCC(C)(OC)OC)[C@@H](CC)/C1=C(\CO)COCc1ccccc1.CC.CC. The highest BCUT2D eigenvalue weighted by Gasteiger charge is 2.49. The van der Waals surface area contributed by atoms with Crippen molar-refractivity contribution in [3.8, 4) is 0 Å². The van der Waals surface area contributed by atoms with Crippen LogP contribution in [-0.2, 0) is 20.8 Å². The predicted molar refractivity (Wildman–Crippen MR) is 170 cm³/mol. The van der Waals surface area contributed by atoms with Gasteiger partial charge in [0.1, 0.15) is 0 Å². The van der Waals surface area contributed by atoms with Crippen molar-refractivity contribution in [3.05, 3.63) is 71.3 Å². The molecule has 41 heavy (non-hydrogen) atoms. The molecule has 0 spiro atoms. The number of methoxy groups -OCH3 is 2. The molecule has 1 aliphatic carbocycles. The molecule has 2 rings (SSSR count). The molecule has 7 nitrogen and oxygen atoms in total.